The summed E-state index contributed by atoms with van der Waals surface area (Å²) in [7, 11) is 0. The maximum atomic E-state index is 12.2. The van der Waals surface area contributed by atoms with Crippen molar-refractivity contribution in [1.82, 2.24) is 20.4 Å². The fourth-order valence-electron chi connectivity index (χ4n) is 3.79. The lowest BCUT2D eigenvalue weighted by Crippen LogP contribution is -2.47. The topological polar surface area (TPSA) is 69.2 Å². The van der Waals surface area contributed by atoms with Crippen LogP contribution < -0.4 is 10.6 Å². The second-order valence-corrected chi connectivity index (χ2v) is 7.29. The number of benzene rings is 1. The summed E-state index contributed by atoms with van der Waals surface area (Å²) >= 11 is 0. The standard InChI is InChI=1S/C21H33N5O2/c1-2-22-21(26-11-9-19(17-26)25-12-14-28-15-13-25)24-16-20(27)23-10-8-18-6-4-3-5-7-18/h3-7,19H,2,8-17H2,1H3,(H,22,24)(H,23,27). The monoisotopic (exact) mass is 387 g/mol. The number of aliphatic imine (C=N–C) groups is 1. The zero-order valence-electron chi connectivity index (χ0n) is 16.9. The van der Waals surface area contributed by atoms with Gasteiger partial charge in [-0.25, -0.2) is 4.99 Å². The minimum absolute atomic E-state index is 0.0322. The molecule has 0 saturated carbocycles. The second kappa shape index (κ2) is 11.0. The first kappa shape index (κ1) is 20.6. The molecule has 7 nitrogen and oxygen atoms in total. The van der Waals surface area contributed by atoms with E-state index in [4.69, 9.17) is 4.74 Å². The lowest BCUT2D eigenvalue weighted by molar-refractivity contribution is -0.119. The minimum atomic E-state index is -0.0322. The molecule has 1 atom stereocenters. The fourth-order valence-corrected chi connectivity index (χ4v) is 3.79. The first-order valence-electron chi connectivity index (χ1n) is 10.4. The Hall–Kier alpha value is -2.12. The van der Waals surface area contributed by atoms with Crippen LogP contribution in [0.3, 0.4) is 0 Å². The van der Waals surface area contributed by atoms with Crippen LogP contribution in [0.1, 0.15) is 18.9 Å². The van der Waals surface area contributed by atoms with E-state index in [0.29, 0.717) is 12.6 Å². The Balaban J connectivity index is 1.44. The fraction of sp³-hybridized carbons (Fsp3) is 0.619. The Morgan fingerprint density at radius 3 is 2.71 bits per heavy atom. The largest absolute Gasteiger partial charge is 0.379 e. The van der Waals surface area contributed by atoms with Crippen LogP contribution >= 0.6 is 0 Å². The van der Waals surface area contributed by atoms with Crippen LogP contribution in [0.4, 0.5) is 0 Å². The van der Waals surface area contributed by atoms with Gasteiger partial charge in [-0.3, -0.25) is 9.69 Å². The van der Waals surface area contributed by atoms with E-state index >= 15 is 0 Å². The number of guanidine groups is 1. The van der Waals surface area contributed by atoms with Crippen LogP contribution in [0.25, 0.3) is 0 Å². The number of ether oxygens (including phenoxy) is 1. The summed E-state index contributed by atoms with van der Waals surface area (Å²) in [6.07, 6.45) is 1.97. The highest BCUT2D eigenvalue weighted by atomic mass is 16.5. The van der Waals surface area contributed by atoms with E-state index in [9.17, 15) is 4.79 Å². The molecule has 2 saturated heterocycles. The molecule has 0 aliphatic carbocycles. The number of amides is 1. The van der Waals surface area contributed by atoms with Crippen molar-refractivity contribution in [1.29, 1.82) is 0 Å². The zero-order valence-corrected chi connectivity index (χ0v) is 16.9. The number of nitrogens with zero attached hydrogens (tertiary/aromatic N) is 3. The van der Waals surface area contributed by atoms with Crippen LogP contribution in [0.2, 0.25) is 0 Å². The lowest BCUT2D eigenvalue weighted by Gasteiger charge is -2.32. The highest BCUT2D eigenvalue weighted by Crippen LogP contribution is 2.17. The normalized spacial score (nSPS) is 21.0. The third kappa shape index (κ3) is 6.21. The Morgan fingerprint density at radius 2 is 1.96 bits per heavy atom. The van der Waals surface area contributed by atoms with Gasteiger partial charge in [0, 0.05) is 45.3 Å². The molecule has 0 spiro atoms. The van der Waals surface area contributed by atoms with E-state index in [-0.39, 0.29) is 12.5 Å². The summed E-state index contributed by atoms with van der Waals surface area (Å²) in [6.45, 7) is 9.27. The van der Waals surface area contributed by atoms with Crippen molar-refractivity contribution in [2.75, 3.05) is 59.0 Å². The highest BCUT2D eigenvalue weighted by molar-refractivity contribution is 5.85. The van der Waals surface area contributed by atoms with E-state index in [1.54, 1.807) is 0 Å². The molecule has 2 fully saturated rings. The van der Waals surface area contributed by atoms with E-state index in [1.165, 1.54) is 5.56 Å². The van der Waals surface area contributed by atoms with Crippen LogP contribution in [0.15, 0.2) is 35.3 Å². The van der Waals surface area contributed by atoms with Crippen molar-refractivity contribution in [3.63, 3.8) is 0 Å². The maximum absolute atomic E-state index is 12.2. The van der Waals surface area contributed by atoms with Gasteiger partial charge in [0.05, 0.1) is 13.2 Å². The highest BCUT2D eigenvalue weighted by Gasteiger charge is 2.30. The van der Waals surface area contributed by atoms with Gasteiger partial charge in [-0.1, -0.05) is 30.3 Å². The Morgan fingerprint density at radius 1 is 1.18 bits per heavy atom. The maximum Gasteiger partial charge on any atom is 0.241 e. The quantitative estimate of drug-likeness (QED) is 0.533. The molecule has 2 heterocycles. The van der Waals surface area contributed by atoms with Crippen molar-refractivity contribution in [2.24, 2.45) is 4.99 Å². The molecule has 1 aromatic rings. The number of carbonyl (C=O) groups is 1. The van der Waals surface area contributed by atoms with Crippen molar-refractivity contribution >= 4 is 11.9 Å². The Kier molecular flexibility index (Phi) is 8.11. The first-order valence-corrected chi connectivity index (χ1v) is 10.4. The number of rotatable bonds is 7. The summed E-state index contributed by atoms with van der Waals surface area (Å²) in [5.41, 5.74) is 1.23. The summed E-state index contributed by atoms with van der Waals surface area (Å²) in [5.74, 6) is 0.812. The van der Waals surface area contributed by atoms with Crippen molar-refractivity contribution < 1.29 is 9.53 Å². The summed E-state index contributed by atoms with van der Waals surface area (Å²) < 4.78 is 5.46. The molecule has 28 heavy (non-hydrogen) atoms. The van der Waals surface area contributed by atoms with Gasteiger partial charge in [-0.15, -0.1) is 0 Å². The van der Waals surface area contributed by atoms with Crippen LogP contribution in [0.5, 0.6) is 0 Å². The molecule has 3 rings (SSSR count). The van der Waals surface area contributed by atoms with Gasteiger partial charge in [0.25, 0.3) is 0 Å². The van der Waals surface area contributed by atoms with Crippen LogP contribution in [-0.2, 0) is 16.0 Å². The number of likely N-dealkylation sites (tertiary alicyclic amines) is 1. The zero-order chi connectivity index (χ0) is 19.6. The molecule has 2 N–H and O–H groups in total. The molecule has 0 bridgehead atoms. The minimum Gasteiger partial charge on any atom is -0.379 e. The SMILES string of the molecule is CCNC(=NCC(=O)NCCc1ccccc1)N1CCC(N2CCOCC2)C1. The van der Waals surface area contributed by atoms with Gasteiger partial charge in [0.15, 0.2) is 5.96 Å². The van der Waals surface area contributed by atoms with E-state index < -0.39 is 0 Å². The second-order valence-electron chi connectivity index (χ2n) is 7.29. The number of hydrogen-bond acceptors (Lipinski definition) is 4. The molecule has 1 aromatic carbocycles. The Bertz CT molecular complexity index is 631. The average molecular weight is 388 g/mol. The molecule has 2 aliphatic rings. The van der Waals surface area contributed by atoms with Crippen molar-refractivity contribution in [3.8, 4) is 0 Å². The molecule has 2 aliphatic heterocycles. The number of nitrogens with one attached hydrogen (secondary N) is 2. The van der Waals surface area contributed by atoms with Gasteiger partial charge in [-0.2, -0.15) is 0 Å². The van der Waals surface area contributed by atoms with E-state index in [0.717, 1.165) is 64.7 Å². The van der Waals surface area contributed by atoms with Gasteiger partial charge in [0.2, 0.25) is 5.91 Å². The van der Waals surface area contributed by atoms with Crippen LogP contribution in [-0.4, -0.2) is 86.7 Å². The summed E-state index contributed by atoms with van der Waals surface area (Å²) in [6, 6.07) is 10.7. The summed E-state index contributed by atoms with van der Waals surface area (Å²) in [4.78, 5) is 21.6. The Labute approximate surface area is 168 Å². The lowest BCUT2D eigenvalue weighted by atomic mass is 10.1. The summed E-state index contributed by atoms with van der Waals surface area (Å²) in [5, 5.41) is 6.30. The molecule has 0 aromatic heterocycles. The smallest absolute Gasteiger partial charge is 0.241 e. The van der Waals surface area contributed by atoms with Crippen molar-refractivity contribution in [2.45, 2.75) is 25.8 Å². The number of carbonyl (C=O) groups excluding carboxylic acids is 1. The van der Waals surface area contributed by atoms with E-state index in [2.05, 4.69) is 44.5 Å². The molecule has 1 unspecified atom stereocenters. The number of hydrogen-bond donors (Lipinski definition) is 2. The van der Waals surface area contributed by atoms with Gasteiger partial charge in [-0.05, 0) is 25.3 Å². The number of morpholine rings is 1. The van der Waals surface area contributed by atoms with Gasteiger partial charge in [0.1, 0.15) is 6.54 Å². The molecule has 1 amide bonds. The molecular formula is C21H33N5O2. The van der Waals surface area contributed by atoms with Gasteiger partial charge >= 0.3 is 0 Å². The molecular weight excluding hydrogens is 354 g/mol. The average Bonchev–Trinajstić information content (AvgIpc) is 3.23. The van der Waals surface area contributed by atoms with Gasteiger partial charge < -0.3 is 20.3 Å². The predicted octanol–water partition coefficient (Wildman–Crippen LogP) is 0.717. The molecule has 7 heteroatoms. The first-order chi connectivity index (χ1) is 13.8. The third-order valence-electron chi connectivity index (χ3n) is 5.31. The van der Waals surface area contributed by atoms with Crippen molar-refractivity contribution in [3.05, 3.63) is 35.9 Å². The molecule has 154 valence electrons. The van der Waals surface area contributed by atoms with E-state index in [1.807, 2.05) is 18.2 Å². The molecule has 0 radical (unpaired) electrons. The third-order valence-corrected chi connectivity index (χ3v) is 5.31. The van der Waals surface area contributed by atoms with Crippen LogP contribution in [0, 0.1) is 0 Å². The predicted molar refractivity (Wildman–Crippen MR) is 112 cm³/mol.